The molecule has 15 heavy (non-hydrogen) atoms. The van der Waals surface area contributed by atoms with Crippen LogP contribution < -0.4 is 11.5 Å². The predicted molar refractivity (Wildman–Crippen MR) is 64.9 cm³/mol. The van der Waals surface area contributed by atoms with Crippen LogP contribution in [0.5, 0.6) is 0 Å². The molecule has 0 saturated carbocycles. The smallest absolute Gasteiger partial charge is 0.0317 e. The van der Waals surface area contributed by atoms with Gasteiger partial charge < -0.3 is 11.5 Å². The molecule has 1 aliphatic carbocycles. The Morgan fingerprint density at radius 2 is 1.87 bits per heavy atom. The molecule has 0 spiro atoms. The fraction of sp³-hybridized carbons (Fsp3) is 0.538. The van der Waals surface area contributed by atoms with E-state index in [0.29, 0.717) is 6.54 Å². The minimum absolute atomic E-state index is 0.118. The first-order chi connectivity index (χ1) is 6.89. The molecular formula is C13H20N2. The molecule has 2 heteroatoms. The van der Waals surface area contributed by atoms with Gasteiger partial charge in [-0.25, -0.2) is 0 Å². The minimum atomic E-state index is 0.118. The highest BCUT2D eigenvalue weighted by Gasteiger charge is 2.43. The third kappa shape index (κ3) is 1.44. The number of nitrogen functional groups attached to an aromatic ring is 1. The highest BCUT2D eigenvalue weighted by molar-refractivity contribution is 5.53. The van der Waals surface area contributed by atoms with Gasteiger partial charge in [0.15, 0.2) is 0 Å². The predicted octanol–water partition coefficient (Wildman–Crippen LogP) is 2.17. The summed E-state index contributed by atoms with van der Waals surface area (Å²) in [7, 11) is 0. The van der Waals surface area contributed by atoms with Crippen LogP contribution in [-0.2, 0) is 10.8 Å². The van der Waals surface area contributed by atoms with E-state index < -0.39 is 0 Å². The van der Waals surface area contributed by atoms with Crippen LogP contribution in [-0.4, -0.2) is 6.54 Å². The van der Waals surface area contributed by atoms with Gasteiger partial charge in [0, 0.05) is 17.6 Å². The van der Waals surface area contributed by atoms with Crippen molar-refractivity contribution >= 4 is 5.69 Å². The van der Waals surface area contributed by atoms with Gasteiger partial charge in [0.1, 0.15) is 0 Å². The standard InChI is InChI=1S/C13H20N2/c1-12(2)7-13(3,8-14)10-5-4-9(15)6-11(10)12/h4-6H,7-8,14-15H2,1-3H3. The van der Waals surface area contributed by atoms with E-state index in [-0.39, 0.29) is 10.8 Å². The van der Waals surface area contributed by atoms with Crippen LogP contribution >= 0.6 is 0 Å². The van der Waals surface area contributed by atoms with Gasteiger partial charge in [0.05, 0.1) is 0 Å². The number of hydrogen-bond acceptors (Lipinski definition) is 2. The van der Waals surface area contributed by atoms with Gasteiger partial charge in [-0.15, -0.1) is 0 Å². The molecule has 4 N–H and O–H groups in total. The van der Waals surface area contributed by atoms with E-state index in [9.17, 15) is 0 Å². The van der Waals surface area contributed by atoms with Crippen LogP contribution in [0, 0.1) is 0 Å². The van der Waals surface area contributed by atoms with Gasteiger partial charge in [-0.3, -0.25) is 0 Å². The Morgan fingerprint density at radius 1 is 1.20 bits per heavy atom. The van der Waals surface area contributed by atoms with Crippen LogP contribution in [0.3, 0.4) is 0 Å². The fourth-order valence-corrected chi connectivity index (χ4v) is 3.00. The second kappa shape index (κ2) is 2.99. The average Bonchev–Trinajstić information content (AvgIpc) is 2.35. The Labute approximate surface area is 91.7 Å². The molecule has 1 aliphatic rings. The molecule has 1 atom stereocenters. The first-order valence-corrected chi connectivity index (χ1v) is 5.50. The molecule has 1 aromatic rings. The Kier molecular flexibility index (Phi) is 2.09. The molecule has 2 nitrogen and oxygen atoms in total. The summed E-state index contributed by atoms with van der Waals surface area (Å²) in [4.78, 5) is 0. The molecule has 0 aromatic heterocycles. The topological polar surface area (TPSA) is 52.0 Å². The second-order valence-electron chi connectivity index (χ2n) is 5.63. The van der Waals surface area contributed by atoms with Gasteiger partial charge in [-0.2, -0.15) is 0 Å². The molecule has 2 rings (SSSR count). The molecule has 0 saturated heterocycles. The van der Waals surface area contributed by atoms with Gasteiger partial charge in [0.2, 0.25) is 0 Å². The lowest BCUT2D eigenvalue weighted by molar-refractivity contribution is 0.384. The Morgan fingerprint density at radius 3 is 2.47 bits per heavy atom. The maximum Gasteiger partial charge on any atom is 0.0317 e. The van der Waals surface area contributed by atoms with E-state index in [1.165, 1.54) is 11.1 Å². The SMILES string of the molecule is CC1(C)CC(C)(CN)c2ccc(N)cc21. The van der Waals surface area contributed by atoms with Crippen LogP contribution in [0.25, 0.3) is 0 Å². The van der Waals surface area contributed by atoms with Crippen LogP contribution in [0.15, 0.2) is 18.2 Å². The van der Waals surface area contributed by atoms with Crippen molar-refractivity contribution in [2.45, 2.75) is 38.0 Å². The molecule has 0 amide bonds. The Hall–Kier alpha value is -1.02. The second-order valence-corrected chi connectivity index (χ2v) is 5.63. The monoisotopic (exact) mass is 204 g/mol. The summed E-state index contributed by atoms with van der Waals surface area (Å²) in [6.45, 7) is 7.49. The maximum absolute atomic E-state index is 5.91. The largest absolute Gasteiger partial charge is 0.399 e. The normalized spacial score (nSPS) is 27.7. The molecule has 1 aromatic carbocycles. The fourth-order valence-electron chi connectivity index (χ4n) is 3.00. The van der Waals surface area contributed by atoms with Gasteiger partial charge in [-0.1, -0.05) is 26.8 Å². The first kappa shape index (κ1) is 10.5. The van der Waals surface area contributed by atoms with Crippen molar-refractivity contribution in [1.29, 1.82) is 0 Å². The zero-order chi connectivity index (χ0) is 11.3. The molecule has 0 aliphatic heterocycles. The highest BCUT2D eigenvalue weighted by Crippen LogP contribution is 2.49. The van der Waals surface area contributed by atoms with Crippen LogP contribution in [0.2, 0.25) is 0 Å². The highest BCUT2D eigenvalue weighted by atomic mass is 14.6. The van der Waals surface area contributed by atoms with Crippen LogP contribution in [0.1, 0.15) is 38.3 Å². The summed E-state index contributed by atoms with van der Waals surface area (Å²) >= 11 is 0. The minimum Gasteiger partial charge on any atom is -0.399 e. The maximum atomic E-state index is 5.91. The van der Waals surface area contributed by atoms with Gasteiger partial charge in [0.25, 0.3) is 0 Å². The van der Waals surface area contributed by atoms with Crippen molar-refractivity contribution in [2.24, 2.45) is 5.73 Å². The van der Waals surface area contributed by atoms with E-state index in [2.05, 4.69) is 32.9 Å². The van der Waals surface area contributed by atoms with Crippen molar-refractivity contribution in [3.05, 3.63) is 29.3 Å². The quantitative estimate of drug-likeness (QED) is 0.689. The zero-order valence-corrected chi connectivity index (χ0v) is 9.80. The molecule has 0 heterocycles. The number of hydrogen-bond donors (Lipinski definition) is 2. The number of fused-ring (bicyclic) bond motifs is 1. The molecule has 0 bridgehead atoms. The Balaban J connectivity index is 2.63. The average molecular weight is 204 g/mol. The summed E-state index contributed by atoms with van der Waals surface area (Å²) < 4.78 is 0. The van der Waals surface area contributed by atoms with E-state index in [1.54, 1.807) is 0 Å². The van der Waals surface area contributed by atoms with Crippen LogP contribution in [0.4, 0.5) is 5.69 Å². The van der Waals surface area contributed by atoms with E-state index >= 15 is 0 Å². The van der Waals surface area contributed by atoms with Gasteiger partial charge in [-0.05, 0) is 35.1 Å². The van der Waals surface area contributed by atoms with Gasteiger partial charge >= 0.3 is 0 Å². The number of anilines is 1. The van der Waals surface area contributed by atoms with Crippen molar-refractivity contribution < 1.29 is 0 Å². The summed E-state index contributed by atoms with van der Waals surface area (Å²) in [6, 6.07) is 6.23. The van der Waals surface area contributed by atoms with E-state index in [4.69, 9.17) is 11.5 Å². The number of benzene rings is 1. The summed E-state index contributed by atoms with van der Waals surface area (Å²) in [5, 5.41) is 0. The summed E-state index contributed by atoms with van der Waals surface area (Å²) in [5.41, 5.74) is 15.7. The van der Waals surface area contributed by atoms with Crippen molar-refractivity contribution in [3.8, 4) is 0 Å². The third-order valence-electron chi connectivity index (χ3n) is 3.71. The lowest BCUT2D eigenvalue weighted by Crippen LogP contribution is -2.30. The molecular weight excluding hydrogens is 184 g/mol. The first-order valence-electron chi connectivity index (χ1n) is 5.50. The zero-order valence-electron chi connectivity index (χ0n) is 9.80. The van der Waals surface area contributed by atoms with E-state index in [0.717, 1.165) is 12.1 Å². The molecule has 1 unspecified atom stereocenters. The van der Waals surface area contributed by atoms with Crippen molar-refractivity contribution in [1.82, 2.24) is 0 Å². The summed E-state index contributed by atoms with van der Waals surface area (Å²) in [6.07, 6.45) is 1.11. The lowest BCUT2D eigenvalue weighted by Gasteiger charge is -2.25. The third-order valence-corrected chi connectivity index (χ3v) is 3.71. The van der Waals surface area contributed by atoms with Crippen molar-refractivity contribution in [3.63, 3.8) is 0 Å². The number of nitrogens with two attached hydrogens (primary N) is 2. The Bertz CT molecular complexity index is 396. The molecule has 0 fully saturated rings. The molecule has 82 valence electrons. The summed E-state index contributed by atoms with van der Waals surface area (Å²) in [5.74, 6) is 0. The van der Waals surface area contributed by atoms with Crippen molar-refractivity contribution in [2.75, 3.05) is 12.3 Å². The number of rotatable bonds is 1. The van der Waals surface area contributed by atoms with E-state index in [1.807, 2.05) is 6.07 Å². The molecule has 0 radical (unpaired) electrons. The lowest BCUT2D eigenvalue weighted by atomic mass is 9.80.